The Balaban J connectivity index is 1.24. The van der Waals surface area contributed by atoms with Gasteiger partial charge in [0.05, 0.1) is 0 Å². The van der Waals surface area contributed by atoms with E-state index < -0.39 is 5.60 Å². The number of hydrogen-bond acceptors (Lipinski definition) is 4. The van der Waals surface area contributed by atoms with Gasteiger partial charge in [-0.15, -0.1) is 0 Å². The summed E-state index contributed by atoms with van der Waals surface area (Å²) in [5, 5.41) is 3.67. The first-order chi connectivity index (χ1) is 15.7. The normalized spacial score (nSPS) is 17.5. The number of halogens is 1. The number of benzene rings is 1. The van der Waals surface area contributed by atoms with Gasteiger partial charge in [-0.3, -0.25) is 4.98 Å². The molecule has 8 heteroatoms. The highest BCUT2D eigenvalue weighted by Crippen LogP contribution is 2.32. The molecule has 2 fully saturated rings. The minimum Gasteiger partial charge on any atom is -0.444 e. The molecule has 0 bridgehead atoms. The SMILES string of the molecule is CC(C)(C)OC(=O)N1CCC(c2ccc(NC(=O)N3CC(c4cnccc4Cl)C3)cc2)CC1. The van der Waals surface area contributed by atoms with E-state index in [9.17, 15) is 9.59 Å². The summed E-state index contributed by atoms with van der Waals surface area (Å²) >= 11 is 6.23. The van der Waals surface area contributed by atoms with Crippen molar-refractivity contribution in [3.8, 4) is 0 Å². The Morgan fingerprint density at radius 3 is 2.30 bits per heavy atom. The summed E-state index contributed by atoms with van der Waals surface area (Å²) < 4.78 is 5.47. The van der Waals surface area contributed by atoms with Crippen LogP contribution in [0.5, 0.6) is 0 Å². The van der Waals surface area contributed by atoms with Gasteiger partial charge < -0.3 is 19.9 Å². The molecule has 0 unspecified atom stereocenters. The predicted molar refractivity (Wildman–Crippen MR) is 129 cm³/mol. The Labute approximate surface area is 200 Å². The Bertz CT molecular complexity index is 991. The zero-order chi connectivity index (χ0) is 23.6. The number of rotatable bonds is 3. The van der Waals surface area contributed by atoms with Crippen LogP contribution < -0.4 is 5.32 Å². The Kier molecular flexibility index (Phi) is 6.79. The summed E-state index contributed by atoms with van der Waals surface area (Å²) in [4.78, 5) is 32.5. The summed E-state index contributed by atoms with van der Waals surface area (Å²) in [5.41, 5.74) is 2.52. The van der Waals surface area contributed by atoms with Gasteiger partial charge >= 0.3 is 12.1 Å². The fourth-order valence-corrected chi connectivity index (χ4v) is 4.55. The van der Waals surface area contributed by atoms with Crippen molar-refractivity contribution >= 4 is 29.4 Å². The first-order valence-corrected chi connectivity index (χ1v) is 11.8. The molecular formula is C25H31ClN4O3. The monoisotopic (exact) mass is 470 g/mol. The molecule has 0 saturated carbocycles. The number of ether oxygens (including phenoxy) is 1. The van der Waals surface area contributed by atoms with Crippen LogP contribution in [0.1, 0.15) is 56.6 Å². The van der Waals surface area contributed by atoms with Gasteiger partial charge in [-0.05, 0) is 68.9 Å². The average Bonchev–Trinajstić information content (AvgIpc) is 2.73. The molecule has 7 nitrogen and oxygen atoms in total. The highest BCUT2D eigenvalue weighted by atomic mass is 35.5. The smallest absolute Gasteiger partial charge is 0.410 e. The van der Waals surface area contributed by atoms with Crippen molar-refractivity contribution in [1.29, 1.82) is 0 Å². The summed E-state index contributed by atoms with van der Waals surface area (Å²) in [6.45, 7) is 8.29. The molecule has 2 saturated heterocycles. The fourth-order valence-electron chi connectivity index (χ4n) is 4.29. The average molecular weight is 471 g/mol. The molecule has 3 heterocycles. The molecule has 2 aromatic rings. The van der Waals surface area contributed by atoms with Gasteiger partial charge in [0, 0.05) is 55.2 Å². The molecule has 2 aliphatic heterocycles. The topological polar surface area (TPSA) is 74.8 Å². The first-order valence-electron chi connectivity index (χ1n) is 11.4. The largest absolute Gasteiger partial charge is 0.444 e. The molecule has 0 aliphatic carbocycles. The number of hydrogen-bond donors (Lipinski definition) is 1. The molecule has 3 amide bonds. The Morgan fingerprint density at radius 2 is 1.70 bits per heavy atom. The van der Waals surface area contributed by atoms with Crippen molar-refractivity contribution in [3.63, 3.8) is 0 Å². The van der Waals surface area contributed by atoms with Crippen molar-refractivity contribution in [3.05, 3.63) is 58.9 Å². The summed E-state index contributed by atoms with van der Waals surface area (Å²) in [5.74, 6) is 0.625. The molecule has 33 heavy (non-hydrogen) atoms. The number of pyridine rings is 1. The van der Waals surface area contributed by atoms with Crippen LogP contribution in [0.25, 0.3) is 0 Å². The van der Waals surface area contributed by atoms with Crippen molar-refractivity contribution in [2.24, 2.45) is 0 Å². The van der Waals surface area contributed by atoms with Crippen LogP contribution in [0.15, 0.2) is 42.7 Å². The number of carbonyl (C=O) groups is 2. The van der Waals surface area contributed by atoms with Crippen LogP contribution >= 0.6 is 11.6 Å². The lowest BCUT2D eigenvalue weighted by Gasteiger charge is -2.39. The van der Waals surface area contributed by atoms with E-state index in [-0.39, 0.29) is 18.0 Å². The van der Waals surface area contributed by atoms with Gasteiger partial charge in [0.25, 0.3) is 0 Å². The quantitative estimate of drug-likeness (QED) is 0.644. The first kappa shape index (κ1) is 23.4. The number of carbonyl (C=O) groups excluding carboxylic acids is 2. The van der Waals surface area contributed by atoms with E-state index in [0.29, 0.717) is 37.1 Å². The van der Waals surface area contributed by atoms with Crippen LogP contribution in [0.2, 0.25) is 5.02 Å². The maximum Gasteiger partial charge on any atom is 0.410 e. The Morgan fingerprint density at radius 1 is 1.03 bits per heavy atom. The van der Waals surface area contributed by atoms with E-state index in [1.807, 2.05) is 32.9 Å². The zero-order valence-corrected chi connectivity index (χ0v) is 20.1. The van der Waals surface area contributed by atoms with Gasteiger partial charge in [-0.2, -0.15) is 0 Å². The van der Waals surface area contributed by atoms with Crippen molar-refractivity contribution in [2.75, 3.05) is 31.5 Å². The van der Waals surface area contributed by atoms with E-state index in [1.54, 1.807) is 28.3 Å². The van der Waals surface area contributed by atoms with E-state index in [0.717, 1.165) is 24.1 Å². The number of urea groups is 1. The van der Waals surface area contributed by atoms with Gasteiger partial charge in [-0.1, -0.05) is 23.7 Å². The third-order valence-corrected chi connectivity index (χ3v) is 6.53. The standard InChI is InChI=1S/C25H31ClN4O3/c1-25(2,3)33-24(32)29-12-9-18(10-13-29)17-4-6-20(7-5-17)28-23(31)30-15-19(16-30)21-14-27-11-8-22(21)26/h4-8,11,14,18-19H,9-10,12-13,15-16H2,1-3H3,(H,28,31). The maximum atomic E-state index is 12.6. The fraction of sp³-hybridized carbons (Fsp3) is 0.480. The number of piperidine rings is 1. The third-order valence-electron chi connectivity index (χ3n) is 6.18. The second kappa shape index (κ2) is 9.59. The highest BCUT2D eigenvalue weighted by Gasteiger charge is 2.33. The number of amides is 3. The van der Waals surface area contributed by atoms with Gasteiger partial charge in [0.2, 0.25) is 0 Å². The number of aromatic nitrogens is 1. The molecule has 4 rings (SSSR count). The molecule has 1 aromatic heterocycles. The van der Waals surface area contributed by atoms with Crippen LogP contribution in [0.4, 0.5) is 15.3 Å². The van der Waals surface area contributed by atoms with Crippen molar-refractivity contribution < 1.29 is 14.3 Å². The van der Waals surface area contributed by atoms with Crippen LogP contribution in [-0.4, -0.2) is 58.7 Å². The molecule has 0 atom stereocenters. The van der Waals surface area contributed by atoms with Crippen molar-refractivity contribution in [1.82, 2.24) is 14.8 Å². The number of likely N-dealkylation sites (tertiary alicyclic amines) is 2. The lowest BCUT2D eigenvalue weighted by Crippen LogP contribution is -2.50. The van der Waals surface area contributed by atoms with Gasteiger partial charge in [-0.25, -0.2) is 9.59 Å². The molecule has 176 valence electrons. The van der Waals surface area contributed by atoms with E-state index in [4.69, 9.17) is 16.3 Å². The van der Waals surface area contributed by atoms with Crippen LogP contribution in [0.3, 0.4) is 0 Å². The molecule has 0 radical (unpaired) electrons. The number of anilines is 1. The molecule has 0 spiro atoms. The predicted octanol–water partition coefficient (Wildman–Crippen LogP) is 5.48. The molecule has 1 N–H and O–H groups in total. The highest BCUT2D eigenvalue weighted by molar-refractivity contribution is 6.31. The summed E-state index contributed by atoms with van der Waals surface area (Å²) in [6.07, 6.45) is 5.01. The Hall–Kier alpha value is -2.80. The minimum atomic E-state index is -0.475. The van der Waals surface area contributed by atoms with E-state index in [2.05, 4.69) is 22.4 Å². The van der Waals surface area contributed by atoms with E-state index in [1.165, 1.54) is 5.56 Å². The second-order valence-corrected chi connectivity index (χ2v) is 10.2. The summed E-state index contributed by atoms with van der Waals surface area (Å²) in [7, 11) is 0. The van der Waals surface area contributed by atoms with Gasteiger partial charge in [0.15, 0.2) is 0 Å². The van der Waals surface area contributed by atoms with Gasteiger partial charge in [0.1, 0.15) is 5.60 Å². The lowest BCUT2D eigenvalue weighted by atomic mass is 9.89. The number of nitrogens with zero attached hydrogens (tertiary/aromatic N) is 3. The third kappa shape index (κ3) is 5.77. The lowest BCUT2D eigenvalue weighted by molar-refractivity contribution is 0.0205. The zero-order valence-electron chi connectivity index (χ0n) is 19.4. The molecule has 2 aliphatic rings. The van der Waals surface area contributed by atoms with Crippen LogP contribution in [-0.2, 0) is 4.74 Å². The molecule has 1 aromatic carbocycles. The van der Waals surface area contributed by atoms with Crippen molar-refractivity contribution in [2.45, 2.75) is 51.0 Å². The van der Waals surface area contributed by atoms with Crippen LogP contribution in [0, 0.1) is 0 Å². The number of nitrogens with one attached hydrogen (secondary N) is 1. The minimum absolute atomic E-state index is 0.107. The second-order valence-electron chi connectivity index (χ2n) is 9.79. The van der Waals surface area contributed by atoms with E-state index >= 15 is 0 Å². The summed E-state index contributed by atoms with van der Waals surface area (Å²) in [6, 6.07) is 9.70. The molecular weight excluding hydrogens is 440 g/mol. The maximum absolute atomic E-state index is 12.6.